The normalized spacial score (nSPS) is 25.0. The molecule has 0 radical (unpaired) electrons. The van der Waals surface area contributed by atoms with Crippen LogP contribution in [0, 0.1) is 0 Å². The van der Waals surface area contributed by atoms with Crippen molar-refractivity contribution in [3.8, 4) is 0 Å². The van der Waals surface area contributed by atoms with E-state index in [1.807, 2.05) is 19.6 Å². The molecule has 0 bridgehead atoms. The average molecular weight is 99.2 g/mol. The maximum Gasteiger partial charge on any atom is 0.192 e. The highest BCUT2D eigenvalue weighted by molar-refractivity contribution is 5.46. The third-order valence-corrected chi connectivity index (χ3v) is 0.702. The molecule has 0 fully saturated rings. The van der Waals surface area contributed by atoms with Crippen molar-refractivity contribution < 1.29 is 4.90 Å². The topological polar surface area (TPSA) is 16.8 Å². The summed E-state index contributed by atoms with van der Waals surface area (Å²) in [4.78, 5) is 5.05. The summed E-state index contributed by atoms with van der Waals surface area (Å²) in [6, 6.07) is 0. The molecular weight excluding hydrogens is 88.1 g/mol. The van der Waals surface area contributed by atoms with Crippen LogP contribution in [0.3, 0.4) is 0 Å². The second kappa shape index (κ2) is 2.53. The molecule has 1 N–H and O–H groups in total. The summed E-state index contributed by atoms with van der Waals surface area (Å²) in [5, 5.41) is 0. The molecule has 0 aromatic heterocycles. The molecule has 40 valence electrons. The highest BCUT2D eigenvalue weighted by Gasteiger charge is 1.91. The standard InChI is InChI=1S/C4H6N2.CH4/c1-6-3-2-5-4-6;/h2-4H,1H3;1H4/p+1. The molecule has 1 heterocycles. The molecule has 2 nitrogen and oxygen atoms in total. The first-order chi connectivity index (χ1) is 2.89. The van der Waals surface area contributed by atoms with Crippen LogP contribution in [0.15, 0.2) is 17.4 Å². The number of nitrogens with one attached hydrogen (secondary N) is 1. The van der Waals surface area contributed by atoms with Gasteiger partial charge in [0.25, 0.3) is 0 Å². The number of hydrogen-bond donors (Lipinski definition) is 1. The SMILES string of the molecule is C.C[NH+]1C=CN=C1. The summed E-state index contributed by atoms with van der Waals surface area (Å²) in [5.74, 6) is 0. The van der Waals surface area contributed by atoms with Gasteiger partial charge in [-0.05, 0) is 0 Å². The van der Waals surface area contributed by atoms with E-state index in [1.54, 1.807) is 6.20 Å². The fraction of sp³-hybridized carbons (Fsp3) is 0.400. The van der Waals surface area contributed by atoms with E-state index in [0.717, 1.165) is 0 Å². The second-order valence-corrected chi connectivity index (χ2v) is 1.34. The monoisotopic (exact) mass is 99.1 g/mol. The van der Waals surface area contributed by atoms with Crippen LogP contribution < -0.4 is 4.90 Å². The van der Waals surface area contributed by atoms with Crippen LogP contribution in [0.2, 0.25) is 0 Å². The van der Waals surface area contributed by atoms with Gasteiger partial charge in [-0.15, -0.1) is 0 Å². The lowest BCUT2D eigenvalue weighted by atomic mass is 10.9. The van der Waals surface area contributed by atoms with E-state index < -0.39 is 0 Å². The van der Waals surface area contributed by atoms with Crippen molar-refractivity contribution in [1.29, 1.82) is 0 Å². The molecule has 1 atom stereocenters. The van der Waals surface area contributed by atoms with Crippen molar-refractivity contribution in [2.24, 2.45) is 4.99 Å². The van der Waals surface area contributed by atoms with Crippen molar-refractivity contribution in [2.45, 2.75) is 7.43 Å². The Kier molecular flexibility index (Phi) is 2.30. The van der Waals surface area contributed by atoms with Crippen LogP contribution in [0.25, 0.3) is 0 Å². The summed E-state index contributed by atoms with van der Waals surface area (Å²) in [5.41, 5.74) is 0. The summed E-state index contributed by atoms with van der Waals surface area (Å²) in [6.45, 7) is 0. The lowest BCUT2D eigenvalue weighted by molar-refractivity contribution is -0.709. The summed E-state index contributed by atoms with van der Waals surface area (Å²) < 4.78 is 0. The maximum absolute atomic E-state index is 3.82. The molecule has 0 spiro atoms. The zero-order valence-corrected chi connectivity index (χ0v) is 3.68. The first-order valence-corrected chi connectivity index (χ1v) is 1.93. The largest absolute Gasteiger partial charge is 0.267 e. The molecule has 2 heteroatoms. The van der Waals surface area contributed by atoms with Gasteiger partial charge in [0.1, 0.15) is 6.20 Å². The van der Waals surface area contributed by atoms with E-state index in [1.165, 1.54) is 4.90 Å². The molecule has 0 aromatic rings. The predicted molar refractivity (Wildman–Crippen MR) is 31.2 cm³/mol. The minimum absolute atomic E-state index is 0. The first-order valence-electron chi connectivity index (χ1n) is 1.93. The van der Waals surface area contributed by atoms with Crippen molar-refractivity contribution in [2.75, 3.05) is 7.05 Å². The van der Waals surface area contributed by atoms with Gasteiger partial charge in [-0.2, -0.15) is 0 Å². The Morgan fingerprint density at radius 1 is 1.57 bits per heavy atom. The molecule has 7 heavy (non-hydrogen) atoms. The Hall–Kier alpha value is -0.630. The van der Waals surface area contributed by atoms with E-state index >= 15 is 0 Å². The maximum atomic E-state index is 3.82. The fourth-order valence-electron chi connectivity index (χ4n) is 0.364. The minimum Gasteiger partial charge on any atom is -0.267 e. The number of quaternary nitrogens is 1. The molecule has 1 aliphatic rings. The summed E-state index contributed by atoms with van der Waals surface area (Å²) >= 11 is 0. The fourth-order valence-corrected chi connectivity index (χ4v) is 0.364. The molecular formula is C5H11N2+. The van der Waals surface area contributed by atoms with Gasteiger partial charge in [-0.1, -0.05) is 7.43 Å². The van der Waals surface area contributed by atoms with Crippen molar-refractivity contribution in [1.82, 2.24) is 0 Å². The number of hydrogen-bond acceptors (Lipinski definition) is 1. The van der Waals surface area contributed by atoms with Crippen LogP contribution in [0.1, 0.15) is 7.43 Å². The number of aliphatic imine (C=N–C) groups is 1. The van der Waals surface area contributed by atoms with Gasteiger partial charge in [0.2, 0.25) is 0 Å². The zero-order valence-electron chi connectivity index (χ0n) is 3.68. The van der Waals surface area contributed by atoms with Crippen LogP contribution >= 0.6 is 0 Å². The first kappa shape index (κ1) is 6.37. The minimum atomic E-state index is 0. The van der Waals surface area contributed by atoms with Gasteiger partial charge >= 0.3 is 0 Å². The van der Waals surface area contributed by atoms with Crippen molar-refractivity contribution >= 4 is 6.34 Å². The number of rotatable bonds is 0. The average Bonchev–Trinajstić information content (AvgIpc) is 1.86. The van der Waals surface area contributed by atoms with E-state index in [-0.39, 0.29) is 7.43 Å². The Bertz CT molecular complexity index is 82.3. The molecule has 1 rings (SSSR count). The van der Waals surface area contributed by atoms with Gasteiger partial charge in [0.05, 0.1) is 13.2 Å². The molecule has 1 unspecified atom stereocenters. The van der Waals surface area contributed by atoms with E-state index in [0.29, 0.717) is 0 Å². The Balaban J connectivity index is 0.000000360. The zero-order chi connectivity index (χ0) is 4.41. The Labute approximate surface area is 44.2 Å². The molecule has 0 aromatic carbocycles. The molecule has 0 aliphatic carbocycles. The van der Waals surface area contributed by atoms with Gasteiger partial charge in [0.15, 0.2) is 6.34 Å². The van der Waals surface area contributed by atoms with Crippen LogP contribution in [0.4, 0.5) is 0 Å². The quantitative estimate of drug-likeness (QED) is 0.427. The van der Waals surface area contributed by atoms with Gasteiger partial charge in [0, 0.05) is 0 Å². The third-order valence-electron chi connectivity index (χ3n) is 0.702. The van der Waals surface area contributed by atoms with Gasteiger partial charge in [-0.3, -0.25) is 4.90 Å². The van der Waals surface area contributed by atoms with E-state index in [4.69, 9.17) is 0 Å². The van der Waals surface area contributed by atoms with Crippen LogP contribution in [-0.2, 0) is 0 Å². The molecule has 0 saturated carbocycles. The van der Waals surface area contributed by atoms with Gasteiger partial charge < -0.3 is 0 Å². The number of nitrogens with zero attached hydrogens (tertiary/aromatic N) is 1. The smallest absolute Gasteiger partial charge is 0.192 e. The highest BCUT2D eigenvalue weighted by Crippen LogP contribution is 1.66. The lowest BCUT2D eigenvalue weighted by Gasteiger charge is -1.87. The van der Waals surface area contributed by atoms with E-state index in [2.05, 4.69) is 4.99 Å². The molecule has 1 aliphatic heterocycles. The van der Waals surface area contributed by atoms with Crippen LogP contribution in [0.5, 0.6) is 0 Å². The third kappa shape index (κ3) is 1.50. The Morgan fingerprint density at radius 2 is 2.29 bits per heavy atom. The lowest BCUT2D eigenvalue weighted by Crippen LogP contribution is -3.01. The molecule has 0 amide bonds. The van der Waals surface area contributed by atoms with Crippen LogP contribution in [-0.4, -0.2) is 13.4 Å². The van der Waals surface area contributed by atoms with Crippen molar-refractivity contribution in [3.63, 3.8) is 0 Å². The summed E-state index contributed by atoms with van der Waals surface area (Å²) in [6.07, 6.45) is 5.59. The van der Waals surface area contributed by atoms with E-state index in [9.17, 15) is 0 Å². The van der Waals surface area contributed by atoms with Crippen molar-refractivity contribution in [3.05, 3.63) is 12.4 Å². The second-order valence-electron chi connectivity index (χ2n) is 1.34. The van der Waals surface area contributed by atoms with Gasteiger partial charge in [-0.25, -0.2) is 4.99 Å². The highest BCUT2D eigenvalue weighted by atomic mass is 15.1. The predicted octanol–water partition coefficient (Wildman–Crippen LogP) is -0.350. The summed E-state index contributed by atoms with van der Waals surface area (Å²) in [7, 11) is 2.02. The molecule has 0 saturated heterocycles. The Morgan fingerprint density at radius 3 is 2.43 bits per heavy atom.